The van der Waals surface area contributed by atoms with Crippen LogP contribution in [-0.4, -0.2) is 33.2 Å². The second kappa shape index (κ2) is 6.93. The number of rotatable bonds is 4. The predicted molar refractivity (Wildman–Crippen MR) is 96.3 cm³/mol. The molecule has 8 heteroatoms. The first-order chi connectivity index (χ1) is 12.4. The molecule has 26 heavy (non-hydrogen) atoms. The van der Waals surface area contributed by atoms with E-state index in [-0.39, 0.29) is 0 Å². The molecule has 0 saturated carbocycles. The van der Waals surface area contributed by atoms with Crippen molar-refractivity contribution >= 4 is 16.9 Å². The molecule has 8 nitrogen and oxygen atoms in total. The summed E-state index contributed by atoms with van der Waals surface area (Å²) in [5.74, 6) is -0.498. The Morgan fingerprint density at radius 1 is 1.23 bits per heavy atom. The first-order valence-corrected chi connectivity index (χ1v) is 7.92. The molecule has 2 N–H and O–H groups in total. The maximum absolute atomic E-state index is 12.7. The second-order valence-corrected chi connectivity index (χ2v) is 5.88. The van der Waals surface area contributed by atoms with Gasteiger partial charge >= 0.3 is 11.7 Å². The van der Waals surface area contributed by atoms with Gasteiger partial charge in [0.1, 0.15) is 6.04 Å². The van der Waals surface area contributed by atoms with Crippen molar-refractivity contribution in [3.05, 3.63) is 69.1 Å². The van der Waals surface area contributed by atoms with E-state index in [0.717, 1.165) is 10.1 Å². The summed E-state index contributed by atoms with van der Waals surface area (Å²) in [6, 6.07) is 7.55. The molecule has 0 aliphatic rings. The quantitative estimate of drug-likeness (QED) is 0.667. The average Bonchev–Trinajstić information content (AvgIpc) is 2.67. The van der Waals surface area contributed by atoms with Gasteiger partial charge in [-0.25, -0.2) is 9.36 Å². The van der Waals surface area contributed by atoms with Gasteiger partial charge in [0.05, 0.1) is 29.9 Å². The number of fused-ring (bicyclic) bond motifs is 1. The van der Waals surface area contributed by atoms with Gasteiger partial charge in [0.2, 0.25) is 0 Å². The highest BCUT2D eigenvalue weighted by atomic mass is 16.5. The minimum absolute atomic E-state index is 0.295. The fourth-order valence-electron chi connectivity index (χ4n) is 2.79. The Balaban J connectivity index is 2.04. The van der Waals surface area contributed by atoms with E-state index in [9.17, 15) is 14.4 Å². The van der Waals surface area contributed by atoms with Crippen molar-refractivity contribution in [2.24, 2.45) is 12.8 Å². The zero-order chi connectivity index (χ0) is 18.8. The highest BCUT2D eigenvalue weighted by Crippen LogP contribution is 2.11. The fourth-order valence-corrected chi connectivity index (χ4v) is 2.79. The number of carbonyl (C=O) groups excluding carboxylic acids is 1. The molecule has 0 radical (unpaired) electrons. The molecule has 2 aromatic heterocycles. The van der Waals surface area contributed by atoms with Gasteiger partial charge in [-0.05, 0) is 30.2 Å². The number of methoxy groups -OCH3 is 1. The summed E-state index contributed by atoms with van der Waals surface area (Å²) in [5.41, 5.74) is 6.57. The van der Waals surface area contributed by atoms with Gasteiger partial charge < -0.3 is 10.5 Å². The fraction of sp³-hybridized carbons (Fsp3) is 0.222. The normalized spacial score (nSPS) is 12.1. The van der Waals surface area contributed by atoms with Gasteiger partial charge in [0.25, 0.3) is 5.56 Å². The molecule has 0 amide bonds. The van der Waals surface area contributed by atoms with Crippen LogP contribution in [0.25, 0.3) is 16.6 Å². The van der Waals surface area contributed by atoms with Gasteiger partial charge in [-0.1, -0.05) is 12.1 Å². The lowest BCUT2D eigenvalue weighted by Crippen LogP contribution is -2.38. The lowest BCUT2D eigenvalue weighted by atomic mass is 10.1. The SMILES string of the molecule is COC(=O)C(N)Cc1ccc(-n2c(=O)c3ccncc3n(C)c2=O)cc1. The van der Waals surface area contributed by atoms with Crippen molar-refractivity contribution in [3.63, 3.8) is 0 Å². The summed E-state index contributed by atoms with van der Waals surface area (Å²) in [6.45, 7) is 0. The largest absolute Gasteiger partial charge is 0.468 e. The van der Waals surface area contributed by atoms with Crippen LogP contribution in [0, 0.1) is 0 Å². The van der Waals surface area contributed by atoms with Crippen LogP contribution < -0.4 is 17.0 Å². The smallest absolute Gasteiger partial charge is 0.335 e. The standard InChI is InChI=1S/C18H18N4O4/c1-21-15-10-20-8-7-13(15)16(23)22(18(21)25)12-5-3-11(4-6-12)9-14(19)17(24)26-2/h3-8,10,14H,9,19H2,1-2H3. The lowest BCUT2D eigenvalue weighted by Gasteiger charge is -2.12. The van der Waals surface area contributed by atoms with E-state index in [4.69, 9.17) is 5.73 Å². The molecule has 1 atom stereocenters. The molecule has 0 aliphatic carbocycles. The van der Waals surface area contributed by atoms with Crippen molar-refractivity contribution in [1.82, 2.24) is 14.1 Å². The van der Waals surface area contributed by atoms with E-state index in [1.54, 1.807) is 37.4 Å². The number of nitrogens with two attached hydrogens (primary N) is 1. The number of hydrogen-bond donors (Lipinski definition) is 1. The molecule has 0 aliphatic heterocycles. The van der Waals surface area contributed by atoms with E-state index >= 15 is 0 Å². The van der Waals surface area contributed by atoms with Gasteiger partial charge in [-0.15, -0.1) is 0 Å². The van der Waals surface area contributed by atoms with Crippen LogP contribution in [0.4, 0.5) is 0 Å². The van der Waals surface area contributed by atoms with Crippen molar-refractivity contribution in [3.8, 4) is 5.69 Å². The predicted octanol–water partition coefficient (Wildman–Crippen LogP) is 0.127. The van der Waals surface area contributed by atoms with Crippen molar-refractivity contribution in [2.75, 3.05) is 7.11 Å². The third-order valence-corrected chi connectivity index (χ3v) is 4.23. The Labute approximate surface area is 148 Å². The topological polar surface area (TPSA) is 109 Å². The number of esters is 1. The maximum atomic E-state index is 12.7. The Kier molecular flexibility index (Phi) is 4.68. The Morgan fingerprint density at radius 3 is 2.58 bits per heavy atom. The average molecular weight is 354 g/mol. The lowest BCUT2D eigenvalue weighted by molar-refractivity contribution is -0.142. The first kappa shape index (κ1) is 17.6. The zero-order valence-corrected chi connectivity index (χ0v) is 14.4. The molecule has 1 unspecified atom stereocenters. The van der Waals surface area contributed by atoms with Gasteiger partial charge in [-0.3, -0.25) is 19.1 Å². The molecule has 1 aromatic carbocycles. The summed E-state index contributed by atoms with van der Waals surface area (Å²) < 4.78 is 7.09. The zero-order valence-electron chi connectivity index (χ0n) is 14.4. The number of aromatic nitrogens is 3. The highest BCUT2D eigenvalue weighted by Gasteiger charge is 2.15. The van der Waals surface area contributed by atoms with E-state index in [2.05, 4.69) is 9.72 Å². The number of pyridine rings is 1. The molecule has 3 aromatic rings. The minimum atomic E-state index is -0.769. The summed E-state index contributed by atoms with van der Waals surface area (Å²) in [4.78, 5) is 40.7. The Bertz CT molecular complexity index is 1080. The number of ether oxygens (including phenoxy) is 1. The molecule has 0 spiro atoms. The molecule has 134 valence electrons. The summed E-state index contributed by atoms with van der Waals surface area (Å²) >= 11 is 0. The maximum Gasteiger partial charge on any atom is 0.335 e. The van der Waals surface area contributed by atoms with E-state index in [0.29, 0.717) is 23.0 Å². The molecule has 0 bridgehead atoms. The third-order valence-electron chi connectivity index (χ3n) is 4.23. The minimum Gasteiger partial charge on any atom is -0.468 e. The highest BCUT2D eigenvalue weighted by molar-refractivity contribution is 5.77. The summed E-state index contributed by atoms with van der Waals surface area (Å²) in [7, 11) is 2.87. The van der Waals surface area contributed by atoms with Gasteiger partial charge in [0.15, 0.2) is 0 Å². The van der Waals surface area contributed by atoms with Crippen LogP contribution >= 0.6 is 0 Å². The van der Waals surface area contributed by atoms with Crippen molar-refractivity contribution < 1.29 is 9.53 Å². The monoisotopic (exact) mass is 354 g/mol. The second-order valence-electron chi connectivity index (χ2n) is 5.88. The van der Waals surface area contributed by atoms with Crippen LogP contribution in [0.3, 0.4) is 0 Å². The number of benzene rings is 1. The first-order valence-electron chi connectivity index (χ1n) is 7.92. The summed E-state index contributed by atoms with van der Waals surface area (Å²) in [6.07, 6.45) is 3.29. The number of aryl methyl sites for hydroxylation is 1. The molecule has 0 saturated heterocycles. The Hall–Kier alpha value is -3.26. The van der Waals surface area contributed by atoms with Crippen molar-refractivity contribution in [2.45, 2.75) is 12.5 Å². The molecular weight excluding hydrogens is 336 g/mol. The van der Waals surface area contributed by atoms with Crippen molar-refractivity contribution in [1.29, 1.82) is 0 Å². The van der Waals surface area contributed by atoms with Gasteiger partial charge in [0, 0.05) is 13.2 Å². The Morgan fingerprint density at radius 2 is 1.92 bits per heavy atom. The van der Waals surface area contributed by atoms with Crippen LogP contribution in [0.5, 0.6) is 0 Å². The molecule has 0 fully saturated rings. The van der Waals surface area contributed by atoms with E-state index in [1.165, 1.54) is 24.1 Å². The van der Waals surface area contributed by atoms with Crippen LogP contribution in [0.15, 0.2) is 52.3 Å². The molecular formula is C18H18N4O4. The van der Waals surface area contributed by atoms with Crippen LogP contribution in [0.2, 0.25) is 0 Å². The third kappa shape index (κ3) is 3.02. The molecule has 2 heterocycles. The summed E-state index contributed by atoms with van der Waals surface area (Å²) in [5, 5.41) is 0.402. The molecule has 3 rings (SSSR count). The number of carbonyl (C=O) groups is 1. The number of hydrogen-bond acceptors (Lipinski definition) is 6. The van der Waals surface area contributed by atoms with Crippen LogP contribution in [0.1, 0.15) is 5.56 Å². The number of nitrogens with zero attached hydrogens (tertiary/aromatic N) is 3. The van der Waals surface area contributed by atoms with E-state index in [1.807, 2.05) is 0 Å². The van der Waals surface area contributed by atoms with Crippen LogP contribution in [-0.2, 0) is 23.0 Å². The van der Waals surface area contributed by atoms with E-state index < -0.39 is 23.3 Å². The van der Waals surface area contributed by atoms with Gasteiger partial charge in [-0.2, -0.15) is 0 Å².